The van der Waals surface area contributed by atoms with Gasteiger partial charge in [-0.2, -0.15) is 0 Å². The highest BCUT2D eigenvalue weighted by molar-refractivity contribution is 7.89. The van der Waals surface area contributed by atoms with Crippen LogP contribution in [0, 0.1) is 0 Å². The van der Waals surface area contributed by atoms with Gasteiger partial charge in [0.15, 0.2) is 0 Å². The van der Waals surface area contributed by atoms with Crippen LogP contribution in [0.25, 0.3) is 0 Å². The van der Waals surface area contributed by atoms with Crippen LogP contribution in [0.3, 0.4) is 0 Å². The van der Waals surface area contributed by atoms with Crippen LogP contribution >= 0.6 is 0 Å². The van der Waals surface area contributed by atoms with Crippen LogP contribution < -0.4 is 15.4 Å². The fourth-order valence-corrected chi connectivity index (χ4v) is 4.37. The second-order valence-electron chi connectivity index (χ2n) is 7.74. The number of sulfonamides is 1. The van der Waals surface area contributed by atoms with Crippen molar-refractivity contribution in [2.24, 2.45) is 0 Å². The Morgan fingerprint density at radius 3 is 2.18 bits per heavy atom. The summed E-state index contributed by atoms with van der Waals surface area (Å²) in [5.74, 6) is 0.182. The van der Waals surface area contributed by atoms with Crippen molar-refractivity contribution in [1.82, 2.24) is 4.72 Å². The maximum Gasteiger partial charge on any atom is 0.255 e. The van der Waals surface area contributed by atoms with Crippen LogP contribution in [0.5, 0.6) is 0 Å². The van der Waals surface area contributed by atoms with Gasteiger partial charge < -0.3 is 15.1 Å². The highest BCUT2D eigenvalue weighted by atomic mass is 32.2. The van der Waals surface area contributed by atoms with Crippen molar-refractivity contribution < 1.29 is 17.6 Å². The predicted octanol–water partition coefficient (Wildman–Crippen LogP) is 5.18. The number of anilines is 2. The number of rotatable bonds is 9. The first-order chi connectivity index (χ1) is 16.4. The number of carbonyl (C=O) groups is 1. The van der Waals surface area contributed by atoms with E-state index in [1.165, 1.54) is 36.1 Å². The molecule has 0 saturated carbocycles. The molecule has 4 rings (SSSR count). The van der Waals surface area contributed by atoms with E-state index >= 15 is 0 Å². The number of amides is 1. The summed E-state index contributed by atoms with van der Waals surface area (Å²) < 4.78 is 32.5. The van der Waals surface area contributed by atoms with Crippen molar-refractivity contribution in [1.29, 1.82) is 0 Å². The van der Waals surface area contributed by atoms with E-state index in [1.54, 1.807) is 12.1 Å². The lowest BCUT2D eigenvalue weighted by Crippen LogP contribution is -2.23. The number of benzene rings is 3. The molecule has 7 nitrogen and oxygen atoms in total. The summed E-state index contributed by atoms with van der Waals surface area (Å²) in [5, 5.41) is 6.26. The van der Waals surface area contributed by atoms with Gasteiger partial charge >= 0.3 is 0 Å². The summed E-state index contributed by atoms with van der Waals surface area (Å²) in [6, 6.07) is 26.8. The highest BCUT2D eigenvalue weighted by Gasteiger charge is 2.15. The molecular formula is C26H25N3O4S. The van der Waals surface area contributed by atoms with Gasteiger partial charge in [-0.05, 0) is 73.2 Å². The zero-order chi connectivity index (χ0) is 24.0. The van der Waals surface area contributed by atoms with Gasteiger partial charge in [0, 0.05) is 23.0 Å². The van der Waals surface area contributed by atoms with Crippen LogP contribution in [-0.4, -0.2) is 14.3 Å². The molecule has 0 aliphatic carbocycles. The third kappa shape index (κ3) is 5.92. The molecule has 4 aromatic rings. The molecule has 1 heterocycles. The molecule has 1 unspecified atom stereocenters. The summed E-state index contributed by atoms with van der Waals surface area (Å²) in [5.41, 5.74) is 3.11. The molecule has 8 heteroatoms. The van der Waals surface area contributed by atoms with Gasteiger partial charge in [-0.25, -0.2) is 13.1 Å². The Morgan fingerprint density at radius 2 is 1.53 bits per heavy atom. The van der Waals surface area contributed by atoms with Gasteiger partial charge in [0.25, 0.3) is 5.91 Å². The SMILES string of the molecule is CC(Nc1ccc(NC(=O)c2ccc(S(=O)(=O)NCc3ccco3)cc2)cc1)c1ccccc1. The number of nitrogens with one attached hydrogen (secondary N) is 3. The smallest absolute Gasteiger partial charge is 0.255 e. The van der Waals surface area contributed by atoms with Crippen LogP contribution in [0.1, 0.15) is 34.6 Å². The molecule has 0 radical (unpaired) electrons. The molecule has 1 amide bonds. The van der Waals surface area contributed by atoms with E-state index in [1.807, 2.05) is 42.5 Å². The highest BCUT2D eigenvalue weighted by Crippen LogP contribution is 2.21. The Hall–Kier alpha value is -3.88. The van der Waals surface area contributed by atoms with Gasteiger partial charge in [0.05, 0.1) is 17.7 Å². The summed E-state index contributed by atoms with van der Waals surface area (Å²) in [4.78, 5) is 12.7. The number of furan rings is 1. The molecule has 0 spiro atoms. The van der Waals surface area contributed by atoms with E-state index < -0.39 is 10.0 Å². The van der Waals surface area contributed by atoms with E-state index in [4.69, 9.17) is 4.42 Å². The average Bonchev–Trinajstić information content (AvgIpc) is 3.38. The number of hydrogen-bond acceptors (Lipinski definition) is 5. The molecule has 0 fully saturated rings. The van der Waals surface area contributed by atoms with Crippen molar-refractivity contribution >= 4 is 27.3 Å². The minimum absolute atomic E-state index is 0.0482. The lowest BCUT2D eigenvalue weighted by Gasteiger charge is -2.16. The summed E-state index contributed by atoms with van der Waals surface area (Å²) in [6.07, 6.45) is 1.48. The third-order valence-electron chi connectivity index (χ3n) is 5.27. The minimum atomic E-state index is -3.72. The second-order valence-corrected chi connectivity index (χ2v) is 9.50. The van der Waals surface area contributed by atoms with Crippen LogP contribution in [0.2, 0.25) is 0 Å². The third-order valence-corrected chi connectivity index (χ3v) is 6.69. The van der Waals surface area contributed by atoms with Crippen molar-refractivity contribution in [3.63, 3.8) is 0 Å². The summed E-state index contributed by atoms with van der Waals surface area (Å²) >= 11 is 0. The van der Waals surface area contributed by atoms with Gasteiger partial charge in [-0.3, -0.25) is 4.79 Å². The van der Waals surface area contributed by atoms with E-state index in [0.29, 0.717) is 17.0 Å². The Bertz CT molecular complexity index is 1320. The average molecular weight is 476 g/mol. The topological polar surface area (TPSA) is 100 Å². The molecule has 34 heavy (non-hydrogen) atoms. The Kier molecular flexibility index (Phi) is 7.10. The number of carbonyl (C=O) groups excluding carboxylic acids is 1. The van der Waals surface area contributed by atoms with E-state index in [2.05, 4.69) is 34.4 Å². The quantitative estimate of drug-likeness (QED) is 0.310. The van der Waals surface area contributed by atoms with Crippen LogP contribution in [0.4, 0.5) is 11.4 Å². The molecule has 174 valence electrons. The predicted molar refractivity (Wildman–Crippen MR) is 132 cm³/mol. The first-order valence-corrected chi connectivity index (χ1v) is 12.2. The van der Waals surface area contributed by atoms with Crippen molar-refractivity contribution in [3.05, 3.63) is 114 Å². The maximum atomic E-state index is 12.6. The van der Waals surface area contributed by atoms with Crippen LogP contribution in [-0.2, 0) is 16.6 Å². The zero-order valence-corrected chi connectivity index (χ0v) is 19.4. The molecule has 3 N–H and O–H groups in total. The molecule has 0 bridgehead atoms. The van der Waals surface area contributed by atoms with Gasteiger partial charge in [0.2, 0.25) is 10.0 Å². The molecule has 0 saturated heterocycles. The molecule has 0 aliphatic rings. The monoisotopic (exact) mass is 475 g/mol. The van der Waals surface area contributed by atoms with E-state index in [9.17, 15) is 13.2 Å². The second kappa shape index (κ2) is 10.4. The first kappa shape index (κ1) is 23.3. The maximum absolute atomic E-state index is 12.6. The fourth-order valence-electron chi connectivity index (χ4n) is 3.38. The lowest BCUT2D eigenvalue weighted by atomic mass is 10.1. The lowest BCUT2D eigenvalue weighted by molar-refractivity contribution is 0.102. The molecule has 1 atom stereocenters. The van der Waals surface area contributed by atoms with Gasteiger partial charge in [0.1, 0.15) is 5.76 Å². The largest absolute Gasteiger partial charge is 0.468 e. The summed E-state index contributed by atoms with van der Waals surface area (Å²) in [7, 11) is -3.72. The van der Waals surface area contributed by atoms with Gasteiger partial charge in [-0.15, -0.1) is 0 Å². The Balaban J connectivity index is 1.34. The normalized spacial score (nSPS) is 12.1. The zero-order valence-electron chi connectivity index (χ0n) is 18.6. The van der Waals surface area contributed by atoms with Crippen molar-refractivity contribution in [2.45, 2.75) is 24.4 Å². The van der Waals surface area contributed by atoms with E-state index in [0.717, 1.165) is 5.69 Å². The Morgan fingerprint density at radius 1 is 0.853 bits per heavy atom. The Labute approximate surface area is 198 Å². The fraction of sp³-hybridized carbons (Fsp3) is 0.115. The van der Waals surface area contributed by atoms with Crippen molar-refractivity contribution in [2.75, 3.05) is 10.6 Å². The standard InChI is InChI=1S/C26H25N3O4S/c1-19(20-6-3-2-4-7-20)28-22-11-13-23(14-12-22)29-26(30)21-9-15-25(16-10-21)34(31,32)27-18-24-8-5-17-33-24/h2-17,19,27-28H,18H2,1H3,(H,29,30). The van der Waals surface area contributed by atoms with Crippen LogP contribution in [0.15, 0.2) is 107 Å². The minimum Gasteiger partial charge on any atom is -0.468 e. The molecule has 0 aliphatic heterocycles. The van der Waals surface area contributed by atoms with E-state index in [-0.39, 0.29) is 23.4 Å². The molecular weight excluding hydrogens is 450 g/mol. The summed E-state index contributed by atoms with van der Waals surface area (Å²) in [6.45, 7) is 2.13. The van der Waals surface area contributed by atoms with Crippen molar-refractivity contribution in [3.8, 4) is 0 Å². The molecule has 3 aromatic carbocycles. The molecule has 1 aromatic heterocycles. The van der Waals surface area contributed by atoms with Gasteiger partial charge in [-0.1, -0.05) is 30.3 Å². The number of hydrogen-bond donors (Lipinski definition) is 3. The first-order valence-electron chi connectivity index (χ1n) is 10.8.